The van der Waals surface area contributed by atoms with Crippen LogP contribution in [0, 0.1) is 6.92 Å². The van der Waals surface area contributed by atoms with Gasteiger partial charge in [-0.25, -0.2) is 0 Å². The Bertz CT molecular complexity index is 658. The molecule has 1 unspecified atom stereocenters. The van der Waals surface area contributed by atoms with Gasteiger partial charge >= 0.3 is 0 Å². The largest absolute Gasteiger partial charge is 0.356 e. The van der Waals surface area contributed by atoms with Crippen molar-refractivity contribution in [3.8, 4) is 0 Å². The van der Waals surface area contributed by atoms with Crippen LogP contribution in [-0.4, -0.2) is 76.7 Å². The van der Waals surface area contributed by atoms with Crippen molar-refractivity contribution in [1.82, 2.24) is 24.9 Å². The standard InChI is InChI=1S/C17H28N6O2/c1-13-14(10-19-22(13)3)20-16(25)11-23-9-8-21(2)17(12-23)5-4-15(24)18-7-6-17/h10H,4-9,11-12H2,1-3H3,(H,18,24)(H,20,25). The summed E-state index contributed by atoms with van der Waals surface area (Å²) in [7, 11) is 3.99. The number of aromatic nitrogens is 2. The fourth-order valence-electron chi connectivity index (χ4n) is 3.83. The molecule has 0 bridgehead atoms. The number of rotatable bonds is 3. The van der Waals surface area contributed by atoms with Gasteiger partial charge in [-0.15, -0.1) is 0 Å². The number of nitrogens with zero attached hydrogens (tertiary/aromatic N) is 4. The monoisotopic (exact) mass is 348 g/mol. The second-order valence-electron chi connectivity index (χ2n) is 7.27. The summed E-state index contributed by atoms with van der Waals surface area (Å²) in [6.45, 7) is 5.59. The van der Waals surface area contributed by atoms with Crippen molar-refractivity contribution >= 4 is 17.5 Å². The number of nitrogens with one attached hydrogen (secondary N) is 2. The molecular formula is C17H28N6O2. The van der Waals surface area contributed by atoms with Gasteiger partial charge in [0.05, 0.1) is 24.1 Å². The second kappa shape index (κ2) is 7.13. The Morgan fingerprint density at radius 2 is 2.16 bits per heavy atom. The van der Waals surface area contributed by atoms with Gasteiger partial charge in [-0.3, -0.25) is 24.1 Å². The second-order valence-corrected chi connectivity index (χ2v) is 7.27. The highest BCUT2D eigenvalue weighted by atomic mass is 16.2. The van der Waals surface area contributed by atoms with Crippen LogP contribution in [0.5, 0.6) is 0 Å². The van der Waals surface area contributed by atoms with Crippen LogP contribution < -0.4 is 10.6 Å². The fraction of sp³-hybridized carbons (Fsp3) is 0.706. The normalized spacial score (nSPS) is 25.6. The summed E-state index contributed by atoms with van der Waals surface area (Å²) in [6, 6.07) is 0. The van der Waals surface area contributed by atoms with Crippen LogP contribution in [-0.2, 0) is 16.6 Å². The lowest BCUT2D eigenvalue weighted by atomic mass is 9.86. The van der Waals surface area contributed by atoms with Gasteiger partial charge in [-0.2, -0.15) is 5.10 Å². The lowest BCUT2D eigenvalue weighted by Crippen LogP contribution is -2.61. The highest BCUT2D eigenvalue weighted by Gasteiger charge is 2.41. The summed E-state index contributed by atoms with van der Waals surface area (Å²) in [5.74, 6) is 0.117. The van der Waals surface area contributed by atoms with Gasteiger partial charge in [0, 0.05) is 45.2 Å². The Hall–Kier alpha value is -1.93. The molecule has 2 fully saturated rings. The van der Waals surface area contributed by atoms with Crippen molar-refractivity contribution in [1.29, 1.82) is 0 Å². The van der Waals surface area contributed by atoms with Crippen LogP contribution in [0.2, 0.25) is 0 Å². The van der Waals surface area contributed by atoms with E-state index in [0.29, 0.717) is 19.5 Å². The molecule has 8 heteroatoms. The van der Waals surface area contributed by atoms with Gasteiger partial charge in [0.25, 0.3) is 0 Å². The number of hydrogen-bond donors (Lipinski definition) is 2. The SMILES string of the molecule is Cc1c(NC(=O)CN2CCN(C)C3(CCNC(=O)CC3)C2)cnn1C. The van der Waals surface area contributed by atoms with Crippen LogP contribution >= 0.6 is 0 Å². The third kappa shape index (κ3) is 3.85. The zero-order valence-electron chi connectivity index (χ0n) is 15.3. The van der Waals surface area contributed by atoms with Gasteiger partial charge in [-0.1, -0.05) is 0 Å². The maximum atomic E-state index is 12.4. The zero-order valence-corrected chi connectivity index (χ0v) is 15.3. The Kier molecular flexibility index (Phi) is 5.10. The van der Waals surface area contributed by atoms with E-state index in [-0.39, 0.29) is 17.4 Å². The van der Waals surface area contributed by atoms with Crippen molar-refractivity contribution in [3.63, 3.8) is 0 Å². The first kappa shape index (κ1) is 17.9. The lowest BCUT2D eigenvalue weighted by Gasteiger charge is -2.49. The first-order valence-electron chi connectivity index (χ1n) is 8.88. The van der Waals surface area contributed by atoms with E-state index in [1.807, 2.05) is 14.0 Å². The van der Waals surface area contributed by atoms with Crippen molar-refractivity contribution in [2.75, 3.05) is 45.1 Å². The summed E-state index contributed by atoms with van der Waals surface area (Å²) in [6.07, 6.45) is 4.00. The van der Waals surface area contributed by atoms with E-state index in [2.05, 4.69) is 32.6 Å². The molecule has 1 spiro atoms. The maximum Gasteiger partial charge on any atom is 0.238 e. The molecular weight excluding hydrogens is 320 g/mol. The Morgan fingerprint density at radius 3 is 2.88 bits per heavy atom. The van der Waals surface area contributed by atoms with Crippen LogP contribution in [0.1, 0.15) is 25.0 Å². The molecule has 138 valence electrons. The van der Waals surface area contributed by atoms with Crippen molar-refractivity contribution in [3.05, 3.63) is 11.9 Å². The van der Waals surface area contributed by atoms with Crippen LogP contribution in [0.4, 0.5) is 5.69 Å². The van der Waals surface area contributed by atoms with E-state index in [4.69, 9.17) is 0 Å². The Balaban J connectivity index is 1.62. The minimum absolute atomic E-state index is 0.0152. The summed E-state index contributed by atoms with van der Waals surface area (Å²) >= 11 is 0. The summed E-state index contributed by atoms with van der Waals surface area (Å²) in [4.78, 5) is 28.7. The van der Waals surface area contributed by atoms with Crippen LogP contribution in [0.15, 0.2) is 6.20 Å². The number of carbonyl (C=O) groups is 2. The van der Waals surface area contributed by atoms with E-state index < -0.39 is 0 Å². The summed E-state index contributed by atoms with van der Waals surface area (Å²) < 4.78 is 1.75. The van der Waals surface area contributed by atoms with Crippen LogP contribution in [0.25, 0.3) is 0 Å². The molecule has 2 aliphatic heterocycles. The molecule has 8 nitrogen and oxygen atoms in total. The number of anilines is 1. The van der Waals surface area contributed by atoms with E-state index >= 15 is 0 Å². The molecule has 0 aliphatic carbocycles. The van der Waals surface area contributed by atoms with E-state index in [9.17, 15) is 9.59 Å². The van der Waals surface area contributed by atoms with E-state index in [1.165, 1.54) is 0 Å². The van der Waals surface area contributed by atoms with Crippen molar-refractivity contribution < 1.29 is 9.59 Å². The average Bonchev–Trinajstić information content (AvgIpc) is 2.77. The predicted molar refractivity (Wildman–Crippen MR) is 95.2 cm³/mol. The molecule has 3 heterocycles. The molecule has 0 radical (unpaired) electrons. The lowest BCUT2D eigenvalue weighted by molar-refractivity contribution is -0.121. The molecule has 1 atom stereocenters. The van der Waals surface area contributed by atoms with Crippen molar-refractivity contribution in [2.45, 2.75) is 31.7 Å². The zero-order chi connectivity index (χ0) is 18.0. The smallest absolute Gasteiger partial charge is 0.238 e. The van der Waals surface area contributed by atoms with Gasteiger partial charge in [0.15, 0.2) is 0 Å². The number of piperazine rings is 1. The number of hydrogen-bond acceptors (Lipinski definition) is 5. The summed E-state index contributed by atoms with van der Waals surface area (Å²) in [5.41, 5.74) is 1.68. The van der Waals surface area contributed by atoms with Crippen molar-refractivity contribution in [2.24, 2.45) is 7.05 Å². The first-order valence-corrected chi connectivity index (χ1v) is 8.88. The number of amides is 2. The molecule has 3 rings (SSSR count). The molecule has 25 heavy (non-hydrogen) atoms. The molecule has 2 aliphatic rings. The number of aryl methyl sites for hydroxylation is 1. The average molecular weight is 348 g/mol. The topological polar surface area (TPSA) is 82.5 Å². The van der Waals surface area contributed by atoms with Gasteiger partial charge in [0.1, 0.15) is 0 Å². The Morgan fingerprint density at radius 1 is 1.36 bits per heavy atom. The molecule has 1 aromatic heterocycles. The third-order valence-electron chi connectivity index (χ3n) is 5.69. The molecule has 0 saturated carbocycles. The van der Waals surface area contributed by atoms with E-state index in [0.717, 1.165) is 43.9 Å². The summed E-state index contributed by atoms with van der Waals surface area (Å²) in [5, 5.41) is 10.1. The Labute approximate surface area is 148 Å². The minimum Gasteiger partial charge on any atom is -0.356 e. The third-order valence-corrected chi connectivity index (χ3v) is 5.69. The molecule has 2 saturated heterocycles. The number of carbonyl (C=O) groups excluding carboxylic acids is 2. The molecule has 0 aromatic carbocycles. The quantitative estimate of drug-likeness (QED) is 0.801. The fourth-order valence-corrected chi connectivity index (χ4v) is 3.83. The molecule has 2 N–H and O–H groups in total. The molecule has 2 amide bonds. The highest BCUT2D eigenvalue weighted by Crippen LogP contribution is 2.30. The minimum atomic E-state index is -0.0259. The first-order chi connectivity index (χ1) is 11.9. The highest BCUT2D eigenvalue weighted by molar-refractivity contribution is 5.92. The molecule has 1 aromatic rings. The predicted octanol–water partition coefficient (Wildman–Crippen LogP) is -0.0467. The number of likely N-dealkylation sites (N-methyl/N-ethyl adjacent to an activating group) is 1. The van der Waals surface area contributed by atoms with Gasteiger partial charge in [0.2, 0.25) is 11.8 Å². The van der Waals surface area contributed by atoms with Crippen LogP contribution in [0.3, 0.4) is 0 Å². The van der Waals surface area contributed by atoms with Gasteiger partial charge < -0.3 is 10.6 Å². The van der Waals surface area contributed by atoms with Gasteiger partial charge in [-0.05, 0) is 26.8 Å². The maximum absolute atomic E-state index is 12.4. The van der Waals surface area contributed by atoms with E-state index in [1.54, 1.807) is 10.9 Å².